The van der Waals surface area contributed by atoms with Gasteiger partial charge in [-0.05, 0) is 6.42 Å². The van der Waals surface area contributed by atoms with Crippen LogP contribution in [-0.4, -0.2) is 96.9 Å². The second-order valence-electron chi connectivity index (χ2n) is 5.13. The second kappa shape index (κ2) is 15.6. The van der Waals surface area contributed by atoms with E-state index >= 15 is 0 Å². The van der Waals surface area contributed by atoms with Crippen LogP contribution in [0.25, 0.3) is 0 Å². The van der Waals surface area contributed by atoms with E-state index in [0.29, 0.717) is 0 Å². The van der Waals surface area contributed by atoms with Crippen molar-refractivity contribution in [2.24, 2.45) is 5.73 Å². The Balaban J connectivity index is -0.00000364. The average molecular weight is 594 g/mol. The maximum absolute atomic E-state index is 11.5. The van der Waals surface area contributed by atoms with E-state index in [0.717, 1.165) is 0 Å². The molecule has 0 aromatic carbocycles. The summed E-state index contributed by atoms with van der Waals surface area (Å²) in [5.74, 6) is -10.4. The smallest absolute Gasteiger partial charge is 0.346 e. The predicted molar refractivity (Wildman–Crippen MR) is 78.7 cm³/mol. The van der Waals surface area contributed by atoms with Crippen molar-refractivity contribution in [3.8, 4) is 0 Å². The first-order chi connectivity index (χ1) is 12.8. The number of carbonyl (C=O) groups is 6. The number of rotatable bonds is 10. The molecule has 0 radical (unpaired) electrons. The molecule has 0 fully saturated rings. The third-order valence-corrected chi connectivity index (χ3v) is 2.96. The molecule has 0 aromatic rings. The number of nitrogens with two attached hydrogens (primary N) is 1. The minimum atomic E-state index is -2.58. The molecule has 4 unspecified atom stereocenters. The summed E-state index contributed by atoms with van der Waals surface area (Å²) in [7, 11) is 0. The number of aliphatic carboxylic acids is 2. The van der Waals surface area contributed by atoms with E-state index in [2.05, 4.69) is 9.47 Å². The molecule has 30 heavy (non-hydrogen) atoms. The zero-order valence-electron chi connectivity index (χ0n) is 14.8. The van der Waals surface area contributed by atoms with Crippen molar-refractivity contribution in [1.29, 1.82) is 0 Å². The quantitative estimate of drug-likeness (QED) is 0.0921. The molecule has 0 rings (SSSR count). The van der Waals surface area contributed by atoms with Crippen LogP contribution in [0.5, 0.6) is 0 Å². The third kappa shape index (κ3) is 11.3. The van der Waals surface area contributed by atoms with Gasteiger partial charge in [0.05, 0.1) is 0 Å². The van der Waals surface area contributed by atoms with Crippen LogP contribution in [0.3, 0.4) is 0 Å². The SMILES string of the molecule is N[C@@H](CCC(=O)OC(=O)C(O)C(O)C(=O)O)C(=O)OC(=O)C(O)C(O)C(=O)O.[Zr].[Zr]. The minimum Gasteiger partial charge on any atom is -0.479 e. The summed E-state index contributed by atoms with van der Waals surface area (Å²) < 4.78 is 8.05. The predicted octanol–water partition coefficient (Wildman–Crippen LogP) is -5.16. The van der Waals surface area contributed by atoms with Crippen LogP contribution in [0.1, 0.15) is 12.8 Å². The van der Waals surface area contributed by atoms with Crippen molar-refractivity contribution in [3.63, 3.8) is 0 Å². The van der Waals surface area contributed by atoms with Gasteiger partial charge in [-0.2, -0.15) is 0 Å². The summed E-state index contributed by atoms with van der Waals surface area (Å²) in [4.78, 5) is 66.1. The van der Waals surface area contributed by atoms with Crippen LogP contribution < -0.4 is 5.73 Å². The van der Waals surface area contributed by atoms with E-state index in [4.69, 9.17) is 36.4 Å². The molecular weight excluding hydrogens is 577 g/mol. The van der Waals surface area contributed by atoms with E-state index in [1.807, 2.05) is 0 Å². The van der Waals surface area contributed by atoms with E-state index in [9.17, 15) is 28.8 Å². The Bertz CT molecular complexity index is 656. The average Bonchev–Trinajstić information content (AvgIpc) is 2.62. The molecule has 0 heterocycles. The molecule has 0 aromatic heterocycles. The fourth-order valence-corrected chi connectivity index (χ4v) is 1.38. The largest absolute Gasteiger partial charge is 0.479 e. The molecule has 15 nitrogen and oxygen atoms in total. The van der Waals surface area contributed by atoms with Crippen molar-refractivity contribution < 1.29 is 121 Å². The third-order valence-electron chi connectivity index (χ3n) is 2.96. The second-order valence-corrected chi connectivity index (χ2v) is 5.13. The van der Waals surface area contributed by atoms with Crippen molar-refractivity contribution in [2.75, 3.05) is 0 Å². The Morgan fingerprint density at radius 2 is 1.03 bits per heavy atom. The summed E-state index contributed by atoms with van der Waals surface area (Å²) in [5, 5.41) is 52.9. The van der Waals surface area contributed by atoms with Gasteiger partial charge in [0.2, 0.25) is 0 Å². The molecule has 0 saturated carbocycles. The molecular formula is C13H17NO14Zr2. The Hall–Kier alpha value is -1.21. The van der Waals surface area contributed by atoms with Gasteiger partial charge in [-0.15, -0.1) is 0 Å². The molecule has 0 aliphatic rings. The number of carboxylic acid groups (broad SMARTS) is 2. The maximum atomic E-state index is 11.5. The topological polar surface area (TPSA) is 268 Å². The summed E-state index contributed by atoms with van der Waals surface area (Å²) in [6.45, 7) is 0. The fraction of sp³-hybridized carbons (Fsp3) is 0.538. The number of hydrogen-bond donors (Lipinski definition) is 7. The summed E-state index contributed by atoms with van der Waals surface area (Å²) in [6.07, 6.45) is -11.6. The Morgan fingerprint density at radius 1 is 0.667 bits per heavy atom. The van der Waals surface area contributed by atoms with Crippen molar-refractivity contribution in [3.05, 3.63) is 0 Å². The van der Waals surface area contributed by atoms with Crippen LogP contribution in [0.2, 0.25) is 0 Å². The monoisotopic (exact) mass is 591 g/mol. The molecule has 0 amide bonds. The zero-order chi connectivity index (χ0) is 22.2. The number of ether oxygens (including phenoxy) is 2. The first kappa shape index (κ1) is 33.4. The van der Waals surface area contributed by atoms with E-state index in [1.165, 1.54) is 0 Å². The Kier molecular flexibility index (Phi) is 17.3. The number of hydrogen-bond acceptors (Lipinski definition) is 13. The van der Waals surface area contributed by atoms with Crippen molar-refractivity contribution >= 4 is 35.8 Å². The molecule has 0 spiro atoms. The standard InChI is InChI=1S/C13H17NO14.2Zr/c14-3(11(24)28-13(26)8(19)6(17)10(22)23)1-2-4(15)27-12(25)7(18)5(16)9(20)21;;/h3,5-8,16-19H,1-2,14H2,(H,20,21)(H,22,23);;/t3-,5?,6?,7?,8?;;/m0../s1. The normalized spacial score (nSPS) is 15.0. The molecule has 17 heteroatoms. The van der Waals surface area contributed by atoms with Gasteiger partial charge in [0.25, 0.3) is 0 Å². The van der Waals surface area contributed by atoms with Crippen molar-refractivity contribution in [2.45, 2.75) is 43.3 Å². The molecule has 166 valence electrons. The van der Waals surface area contributed by atoms with Gasteiger partial charge in [-0.1, -0.05) is 0 Å². The Labute approximate surface area is 205 Å². The van der Waals surface area contributed by atoms with Crippen molar-refractivity contribution in [1.82, 2.24) is 0 Å². The van der Waals surface area contributed by atoms with Gasteiger partial charge >= 0.3 is 35.8 Å². The van der Waals surface area contributed by atoms with Gasteiger partial charge in [0.15, 0.2) is 24.4 Å². The summed E-state index contributed by atoms with van der Waals surface area (Å²) >= 11 is 0. The first-order valence-electron chi connectivity index (χ1n) is 7.23. The number of carboxylic acids is 2. The number of aliphatic hydroxyl groups is 4. The van der Waals surface area contributed by atoms with Crippen LogP contribution in [0, 0.1) is 0 Å². The van der Waals surface area contributed by atoms with E-state index in [1.54, 1.807) is 0 Å². The molecule has 0 aliphatic heterocycles. The maximum Gasteiger partial charge on any atom is 0.346 e. The molecule has 0 aliphatic carbocycles. The van der Waals surface area contributed by atoms with Crippen LogP contribution >= 0.6 is 0 Å². The van der Waals surface area contributed by atoms with Gasteiger partial charge in [0, 0.05) is 58.8 Å². The zero-order valence-corrected chi connectivity index (χ0v) is 19.7. The number of carbonyl (C=O) groups excluding carboxylic acids is 4. The van der Waals surface area contributed by atoms with Crippen LogP contribution in [0.15, 0.2) is 0 Å². The van der Waals surface area contributed by atoms with Crippen LogP contribution in [-0.2, 0) is 90.6 Å². The van der Waals surface area contributed by atoms with Gasteiger partial charge in [0.1, 0.15) is 6.04 Å². The Morgan fingerprint density at radius 3 is 1.40 bits per heavy atom. The van der Waals surface area contributed by atoms with Gasteiger partial charge < -0.3 is 45.8 Å². The fourth-order valence-electron chi connectivity index (χ4n) is 1.38. The number of aliphatic hydroxyl groups excluding tert-OH is 4. The molecule has 8 N–H and O–H groups in total. The molecule has 0 bridgehead atoms. The van der Waals surface area contributed by atoms with E-state index in [-0.39, 0.29) is 52.4 Å². The number of esters is 4. The van der Waals surface area contributed by atoms with Crippen LogP contribution in [0.4, 0.5) is 0 Å². The van der Waals surface area contributed by atoms with E-state index < -0.39 is 79.1 Å². The summed E-state index contributed by atoms with van der Waals surface area (Å²) in [5.41, 5.74) is 5.28. The minimum absolute atomic E-state index is 0. The molecule has 0 saturated heterocycles. The molecule has 5 atom stereocenters. The van der Waals surface area contributed by atoms with Gasteiger partial charge in [-0.3, -0.25) is 4.79 Å². The summed E-state index contributed by atoms with van der Waals surface area (Å²) in [6, 6.07) is -1.68. The first-order valence-corrected chi connectivity index (χ1v) is 7.23. The van der Waals surface area contributed by atoms with Gasteiger partial charge in [-0.25, -0.2) is 24.0 Å².